The third-order valence-electron chi connectivity index (χ3n) is 6.56. The molecular formula is C34H34N2O6. The summed E-state index contributed by atoms with van der Waals surface area (Å²) in [5, 5.41) is 12.9. The second-order valence-corrected chi connectivity index (χ2v) is 9.57. The lowest BCUT2D eigenvalue weighted by molar-refractivity contribution is -0.137. The van der Waals surface area contributed by atoms with Crippen molar-refractivity contribution in [3.8, 4) is 11.5 Å². The van der Waals surface area contributed by atoms with Gasteiger partial charge in [-0.05, 0) is 60.5 Å². The molecule has 216 valence electrons. The van der Waals surface area contributed by atoms with Gasteiger partial charge in [0, 0.05) is 25.1 Å². The fraction of sp³-hybridized carbons (Fsp3) is 0.206. The topological polar surface area (TPSA) is 105 Å². The highest BCUT2D eigenvalue weighted by Crippen LogP contribution is 2.26. The Kier molecular flexibility index (Phi) is 10.7. The zero-order valence-corrected chi connectivity index (χ0v) is 23.4. The Balaban J connectivity index is 1.32. The van der Waals surface area contributed by atoms with Crippen LogP contribution in [0, 0.1) is 0 Å². The summed E-state index contributed by atoms with van der Waals surface area (Å²) in [5.41, 5.74) is 2.46. The first-order valence-electron chi connectivity index (χ1n) is 13.9. The number of anilines is 2. The van der Waals surface area contributed by atoms with Crippen LogP contribution in [-0.2, 0) is 16.0 Å². The van der Waals surface area contributed by atoms with Crippen LogP contribution < -0.4 is 19.7 Å². The average Bonchev–Trinajstić information content (AvgIpc) is 3.02. The van der Waals surface area contributed by atoms with Gasteiger partial charge in [0.25, 0.3) is 0 Å². The van der Waals surface area contributed by atoms with Gasteiger partial charge in [0.05, 0.1) is 17.9 Å². The molecule has 1 atom stereocenters. The molecule has 0 fully saturated rings. The van der Waals surface area contributed by atoms with Crippen LogP contribution in [0.4, 0.5) is 11.4 Å². The van der Waals surface area contributed by atoms with Gasteiger partial charge in [-0.2, -0.15) is 0 Å². The predicted molar refractivity (Wildman–Crippen MR) is 162 cm³/mol. The smallest absolute Gasteiger partial charge is 0.343 e. The molecule has 0 aliphatic carbocycles. The van der Waals surface area contributed by atoms with E-state index in [0.717, 1.165) is 11.3 Å². The van der Waals surface area contributed by atoms with E-state index in [9.17, 15) is 19.5 Å². The van der Waals surface area contributed by atoms with Crippen molar-refractivity contribution in [2.75, 3.05) is 23.4 Å². The van der Waals surface area contributed by atoms with E-state index in [1.165, 1.54) is 0 Å². The molecule has 1 unspecified atom stereocenters. The van der Waals surface area contributed by atoms with Gasteiger partial charge in [-0.15, -0.1) is 0 Å². The maximum absolute atomic E-state index is 12.5. The van der Waals surface area contributed by atoms with Crippen molar-refractivity contribution in [1.82, 2.24) is 0 Å². The Morgan fingerprint density at radius 1 is 0.833 bits per heavy atom. The molecule has 0 spiro atoms. The third kappa shape index (κ3) is 8.44. The van der Waals surface area contributed by atoms with E-state index in [4.69, 9.17) is 9.47 Å². The average molecular weight is 567 g/mol. The Morgan fingerprint density at radius 2 is 1.48 bits per heavy atom. The maximum Gasteiger partial charge on any atom is 0.343 e. The summed E-state index contributed by atoms with van der Waals surface area (Å²) in [5.74, 6) is -0.608. The van der Waals surface area contributed by atoms with Crippen molar-refractivity contribution >= 4 is 29.2 Å². The van der Waals surface area contributed by atoms with Crippen LogP contribution >= 0.6 is 0 Å². The monoisotopic (exact) mass is 566 g/mol. The molecule has 0 aromatic heterocycles. The van der Waals surface area contributed by atoms with Gasteiger partial charge >= 0.3 is 11.9 Å². The molecule has 8 nitrogen and oxygen atoms in total. The van der Waals surface area contributed by atoms with Crippen LogP contribution in [0.25, 0.3) is 0 Å². The van der Waals surface area contributed by atoms with E-state index >= 15 is 0 Å². The Morgan fingerprint density at radius 3 is 2.14 bits per heavy atom. The second kappa shape index (κ2) is 15.0. The first-order valence-corrected chi connectivity index (χ1v) is 13.9. The highest BCUT2D eigenvalue weighted by molar-refractivity contribution is 5.93. The number of nitrogens with one attached hydrogen (secondary N) is 1. The summed E-state index contributed by atoms with van der Waals surface area (Å²) in [6.45, 7) is 2.82. The zero-order valence-electron chi connectivity index (χ0n) is 23.4. The lowest BCUT2D eigenvalue weighted by atomic mass is 10.1. The quantitative estimate of drug-likeness (QED) is 0.106. The zero-order chi connectivity index (χ0) is 29.7. The molecule has 0 heterocycles. The SMILES string of the molecule is CCC(=O)N(CCCOc1ccc(CC(Nc2ccccc2OC(=O)c2ccccc2)C(=O)O)cc1)c1ccccc1. The van der Waals surface area contributed by atoms with Gasteiger partial charge in [0.15, 0.2) is 5.75 Å². The molecule has 42 heavy (non-hydrogen) atoms. The van der Waals surface area contributed by atoms with E-state index in [2.05, 4.69) is 5.32 Å². The fourth-order valence-electron chi connectivity index (χ4n) is 4.36. The number of benzene rings is 4. The standard InChI is InChI=1S/C34H34N2O6/c1-2-32(37)36(27-14-7-4-8-15-27)22-11-23-41-28-20-18-25(19-21-28)24-30(33(38)39)35-29-16-9-10-17-31(29)42-34(40)26-12-5-3-6-13-26/h3-10,12-21,30,35H,2,11,22-24H2,1H3,(H,38,39). The van der Waals surface area contributed by atoms with Crippen LogP contribution in [0.1, 0.15) is 35.7 Å². The number of amides is 1. The second-order valence-electron chi connectivity index (χ2n) is 9.57. The molecule has 0 radical (unpaired) electrons. The molecule has 2 N–H and O–H groups in total. The Bertz CT molecular complexity index is 1460. The first kappa shape index (κ1) is 29.9. The van der Waals surface area contributed by atoms with Crippen molar-refractivity contribution in [2.24, 2.45) is 0 Å². The normalized spacial score (nSPS) is 11.3. The van der Waals surface area contributed by atoms with Crippen LogP contribution in [0.15, 0.2) is 109 Å². The lowest BCUT2D eigenvalue weighted by Gasteiger charge is -2.22. The number of para-hydroxylation sites is 3. The summed E-state index contributed by atoms with van der Waals surface area (Å²) in [4.78, 5) is 38.8. The van der Waals surface area contributed by atoms with Gasteiger partial charge in [-0.1, -0.05) is 67.6 Å². The Labute approximate surface area is 245 Å². The lowest BCUT2D eigenvalue weighted by Crippen LogP contribution is -2.32. The molecule has 0 saturated carbocycles. The summed E-state index contributed by atoms with van der Waals surface area (Å²) < 4.78 is 11.4. The molecule has 0 aliphatic rings. The van der Waals surface area contributed by atoms with Gasteiger partial charge in [0.2, 0.25) is 5.91 Å². The van der Waals surface area contributed by atoms with Crippen molar-refractivity contribution in [2.45, 2.75) is 32.2 Å². The van der Waals surface area contributed by atoms with Crippen LogP contribution in [0.3, 0.4) is 0 Å². The summed E-state index contributed by atoms with van der Waals surface area (Å²) >= 11 is 0. The molecule has 0 saturated heterocycles. The molecule has 1 amide bonds. The number of carboxylic acid groups (broad SMARTS) is 1. The number of esters is 1. The molecule has 4 aromatic carbocycles. The highest BCUT2D eigenvalue weighted by Gasteiger charge is 2.21. The number of aliphatic carboxylic acids is 1. The van der Waals surface area contributed by atoms with Crippen LogP contribution in [0.5, 0.6) is 11.5 Å². The van der Waals surface area contributed by atoms with Gasteiger partial charge < -0.3 is 24.8 Å². The molecule has 8 heteroatoms. The summed E-state index contributed by atoms with van der Waals surface area (Å²) in [6, 6.07) is 31.2. The fourth-order valence-corrected chi connectivity index (χ4v) is 4.36. The van der Waals surface area contributed by atoms with Crippen molar-refractivity contribution in [1.29, 1.82) is 0 Å². The number of hydrogen-bond acceptors (Lipinski definition) is 6. The van der Waals surface area contributed by atoms with E-state index < -0.39 is 18.0 Å². The van der Waals surface area contributed by atoms with Gasteiger partial charge in [-0.25, -0.2) is 9.59 Å². The maximum atomic E-state index is 12.5. The van der Waals surface area contributed by atoms with E-state index in [1.807, 2.05) is 49.4 Å². The molecule has 0 aliphatic heterocycles. The number of hydrogen-bond donors (Lipinski definition) is 2. The highest BCUT2D eigenvalue weighted by atomic mass is 16.5. The van der Waals surface area contributed by atoms with Crippen molar-refractivity contribution in [3.63, 3.8) is 0 Å². The van der Waals surface area contributed by atoms with Crippen LogP contribution in [-0.4, -0.2) is 42.1 Å². The van der Waals surface area contributed by atoms with Gasteiger partial charge in [-0.3, -0.25) is 4.79 Å². The summed E-state index contributed by atoms with van der Waals surface area (Å²) in [6.07, 6.45) is 1.28. The van der Waals surface area contributed by atoms with E-state index in [1.54, 1.807) is 71.6 Å². The molecular weight excluding hydrogens is 532 g/mol. The molecule has 4 rings (SSSR count). The van der Waals surface area contributed by atoms with Crippen molar-refractivity contribution in [3.05, 3.63) is 120 Å². The van der Waals surface area contributed by atoms with E-state index in [0.29, 0.717) is 43.0 Å². The number of carbonyl (C=O) groups excluding carboxylic acids is 2. The predicted octanol–water partition coefficient (Wildman–Crippen LogP) is 6.23. The third-order valence-corrected chi connectivity index (χ3v) is 6.56. The molecule has 4 aromatic rings. The Hall–Kier alpha value is -5.11. The first-order chi connectivity index (χ1) is 20.4. The number of carboxylic acids is 1. The summed E-state index contributed by atoms with van der Waals surface area (Å²) in [7, 11) is 0. The number of carbonyl (C=O) groups is 3. The van der Waals surface area contributed by atoms with Crippen LogP contribution in [0.2, 0.25) is 0 Å². The van der Waals surface area contributed by atoms with E-state index in [-0.39, 0.29) is 18.1 Å². The van der Waals surface area contributed by atoms with Crippen molar-refractivity contribution < 1.29 is 29.0 Å². The minimum absolute atomic E-state index is 0.0594. The van der Waals surface area contributed by atoms with Gasteiger partial charge in [0.1, 0.15) is 11.8 Å². The number of nitrogens with zero attached hydrogens (tertiary/aromatic N) is 1. The largest absolute Gasteiger partial charge is 0.494 e. The number of rotatable bonds is 14. The minimum atomic E-state index is -1.04. The number of ether oxygens (including phenoxy) is 2. The molecule has 0 bridgehead atoms. The minimum Gasteiger partial charge on any atom is -0.494 e.